The highest BCUT2D eigenvalue weighted by Gasteiger charge is 2.36. The molecule has 1 fully saturated rings. The standard InChI is InChI=1S/C28H32N2O4S/c1-19-10-12-20(13-11-19)27(28(32)29-21-7-4-5-8-21)30(26(31)18-23-9-6-16-35-23)24-17-22(33-2)14-15-25(24)34-3/h6,9-17,21,27H,4-5,7-8,18H2,1-3H3,(H,29,32)/t27-/m0/s1. The Balaban J connectivity index is 1.83. The first-order chi connectivity index (χ1) is 17.0. The van der Waals surface area contributed by atoms with E-state index in [-0.39, 0.29) is 24.3 Å². The van der Waals surface area contributed by atoms with Crippen molar-refractivity contribution in [2.24, 2.45) is 0 Å². The molecule has 0 aliphatic heterocycles. The topological polar surface area (TPSA) is 67.9 Å². The second-order valence-electron chi connectivity index (χ2n) is 8.86. The number of aryl methyl sites for hydroxylation is 1. The van der Waals surface area contributed by atoms with E-state index in [0.29, 0.717) is 17.2 Å². The van der Waals surface area contributed by atoms with E-state index >= 15 is 0 Å². The van der Waals surface area contributed by atoms with E-state index in [2.05, 4.69) is 5.32 Å². The third-order valence-corrected chi connectivity index (χ3v) is 7.30. The summed E-state index contributed by atoms with van der Waals surface area (Å²) in [7, 11) is 3.14. The van der Waals surface area contributed by atoms with Gasteiger partial charge in [0.05, 0.1) is 26.3 Å². The summed E-state index contributed by atoms with van der Waals surface area (Å²) in [6.07, 6.45) is 4.29. The summed E-state index contributed by atoms with van der Waals surface area (Å²) >= 11 is 1.52. The second-order valence-corrected chi connectivity index (χ2v) is 9.89. The van der Waals surface area contributed by atoms with Crippen LogP contribution in [0.5, 0.6) is 11.5 Å². The van der Waals surface area contributed by atoms with E-state index in [4.69, 9.17) is 9.47 Å². The lowest BCUT2D eigenvalue weighted by molar-refractivity contribution is -0.127. The third-order valence-electron chi connectivity index (χ3n) is 6.42. The average Bonchev–Trinajstić information content (AvgIpc) is 3.57. The van der Waals surface area contributed by atoms with Gasteiger partial charge in [0.15, 0.2) is 0 Å². The summed E-state index contributed by atoms with van der Waals surface area (Å²) in [5.41, 5.74) is 2.33. The number of benzene rings is 2. The van der Waals surface area contributed by atoms with Crippen LogP contribution in [0, 0.1) is 6.92 Å². The first kappa shape index (κ1) is 24.8. The molecule has 0 spiro atoms. The molecular formula is C28H32N2O4S. The Bertz CT molecular complexity index is 1140. The predicted octanol–water partition coefficient (Wildman–Crippen LogP) is 5.45. The van der Waals surface area contributed by atoms with Gasteiger partial charge in [0.25, 0.3) is 0 Å². The molecular weight excluding hydrogens is 460 g/mol. The van der Waals surface area contributed by atoms with Gasteiger partial charge in [0, 0.05) is 17.0 Å². The number of nitrogens with one attached hydrogen (secondary N) is 1. The Labute approximate surface area is 210 Å². The molecule has 1 aromatic heterocycles. The number of methoxy groups -OCH3 is 2. The maximum atomic E-state index is 14.0. The molecule has 1 heterocycles. The smallest absolute Gasteiger partial charge is 0.248 e. The molecule has 0 bridgehead atoms. The highest BCUT2D eigenvalue weighted by atomic mass is 32.1. The van der Waals surface area contributed by atoms with Gasteiger partial charge in [0.2, 0.25) is 11.8 Å². The van der Waals surface area contributed by atoms with Crippen LogP contribution in [-0.4, -0.2) is 32.1 Å². The molecule has 1 N–H and O–H groups in total. The van der Waals surface area contributed by atoms with E-state index in [9.17, 15) is 9.59 Å². The fourth-order valence-electron chi connectivity index (χ4n) is 4.57. The molecule has 0 unspecified atom stereocenters. The van der Waals surface area contributed by atoms with Crippen LogP contribution in [0.3, 0.4) is 0 Å². The first-order valence-corrected chi connectivity index (χ1v) is 12.8. The maximum absolute atomic E-state index is 14.0. The Hall–Kier alpha value is -3.32. The summed E-state index contributed by atoms with van der Waals surface area (Å²) in [6, 6.07) is 16.2. The fourth-order valence-corrected chi connectivity index (χ4v) is 5.26. The van der Waals surface area contributed by atoms with Crippen molar-refractivity contribution >= 4 is 28.8 Å². The van der Waals surface area contributed by atoms with Crippen molar-refractivity contribution < 1.29 is 19.1 Å². The minimum atomic E-state index is -0.857. The first-order valence-electron chi connectivity index (χ1n) is 11.9. The zero-order valence-electron chi connectivity index (χ0n) is 20.5. The van der Waals surface area contributed by atoms with E-state index in [1.807, 2.05) is 48.7 Å². The quantitative estimate of drug-likeness (QED) is 0.431. The van der Waals surface area contributed by atoms with Gasteiger partial charge in [-0.2, -0.15) is 0 Å². The lowest BCUT2D eigenvalue weighted by Gasteiger charge is -2.33. The van der Waals surface area contributed by atoms with Crippen molar-refractivity contribution in [2.45, 2.75) is 51.1 Å². The van der Waals surface area contributed by atoms with Crippen LogP contribution in [0.4, 0.5) is 5.69 Å². The van der Waals surface area contributed by atoms with Gasteiger partial charge in [-0.25, -0.2) is 0 Å². The molecule has 1 saturated carbocycles. The van der Waals surface area contributed by atoms with Crippen molar-refractivity contribution in [3.8, 4) is 11.5 Å². The van der Waals surface area contributed by atoms with Crippen LogP contribution in [0.15, 0.2) is 60.0 Å². The van der Waals surface area contributed by atoms with Gasteiger partial charge in [-0.05, 0) is 48.9 Å². The molecule has 35 heavy (non-hydrogen) atoms. The molecule has 2 amide bonds. The average molecular weight is 493 g/mol. The van der Waals surface area contributed by atoms with Crippen molar-refractivity contribution in [3.63, 3.8) is 0 Å². The number of thiophene rings is 1. The number of ether oxygens (including phenoxy) is 2. The summed E-state index contributed by atoms with van der Waals surface area (Å²) < 4.78 is 11.1. The fraction of sp³-hybridized carbons (Fsp3) is 0.357. The molecule has 4 rings (SSSR count). The number of anilines is 1. The molecule has 184 valence electrons. The number of carbonyl (C=O) groups is 2. The van der Waals surface area contributed by atoms with Gasteiger partial charge in [0.1, 0.15) is 17.5 Å². The van der Waals surface area contributed by atoms with Gasteiger partial charge in [-0.1, -0.05) is 48.7 Å². The normalized spacial score (nSPS) is 14.4. The van der Waals surface area contributed by atoms with Crippen molar-refractivity contribution in [2.75, 3.05) is 19.1 Å². The molecule has 0 radical (unpaired) electrons. The lowest BCUT2D eigenvalue weighted by Crippen LogP contribution is -2.47. The number of amides is 2. The Morgan fingerprint density at radius 1 is 1.06 bits per heavy atom. The number of hydrogen-bond acceptors (Lipinski definition) is 5. The van der Waals surface area contributed by atoms with Crippen LogP contribution in [0.1, 0.15) is 47.7 Å². The van der Waals surface area contributed by atoms with E-state index in [1.54, 1.807) is 37.3 Å². The molecule has 1 atom stereocenters. The largest absolute Gasteiger partial charge is 0.497 e. The Kier molecular flexibility index (Phi) is 8.08. The molecule has 1 aliphatic carbocycles. The highest BCUT2D eigenvalue weighted by Crippen LogP contribution is 2.38. The number of hydrogen-bond donors (Lipinski definition) is 1. The van der Waals surface area contributed by atoms with Gasteiger partial charge < -0.3 is 14.8 Å². The second kappa shape index (κ2) is 11.4. The van der Waals surface area contributed by atoms with Crippen molar-refractivity contribution in [1.29, 1.82) is 0 Å². The minimum absolute atomic E-state index is 0.122. The summed E-state index contributed by atoms with van der Waals surface area (Å²) in [6.45, 7) is 2.00. The number of nitrogens with zero attached hydrogens (tertiary/aromatic N) is 1. The van der Waals surface area contributed by atoms with Gasteiger partial charge >= 0.3 is 0 Å². The predicted molar refractivity (Wildman–Crippen MR) is 139 cm³/mol. The van der Waals surface area contributed by atoms with E-state index < -0.39 is 6.04 Å². The van der Waals surface area contributed by atoms with Crippen LogP contribution >= 0.6 is 11.3 Å². The van der Waals surface area contributed by atoms with Gasteiger partial charge in [-0.3, -0.25) is 14.5 Å². The molecule has 0 saturated heterocycles. The minimum Gasteiger partial charge on any atom is -0.497 e. The van der Waals surface area contributed by atoms with E-state index in [1.165, 1.54) is 11.3 Å². The summed E-state index contributed by atoms with van der Waals surface area (Å²) in [4.78, 5) is 30.4. The third kappa shape index (κ3) is 5.85. The summed E-state index contributed by atoms with van der Waals surface area (Å²) in [5, 5.41) is 5.17. The lowest BCUT2D eigenvalue weighted by atomic mass is 10.00. The zero-order valence-corrected chi connectivity index (χ0v) is 21.3. The molecule has 6 nitrogen and oxygen atoms in total. The monoisotopic (exact) mass is 492 g/mol. The SMILES string of the molecule is COc1ccc(OC)c(N(C(=O)Cc2cccs2)[C@H](C(=O)NC2CCCC2)c2ccc(C)cc2)c1. The molecule has 1 aliphatic rings. The number of carbonyl (C=O) groups excluding carboxylic acids is 2. The van der Waals surface area contributed by atoms with E-state index in [0.717, 1.165) is 41.7 Å². The maximum Gasteiger partial charge on any atom is 0.248 e. The van der Waals surface area contributed by atoms with Crippen LogP contribution in [-0.2, 0) is 16.0 Å². The zero-order chi connectivity index (χ0) is 24.8. The van der Waals surface area contributed by atoms with Crippen LogP contribution in [0.25, 0.3) is 0 Å². The van der Waals surface area contributed by atoms with Crippen LogP contribution in [0.2, 0.25) is 0 Å². The van der Waals surface area contributed by atoms with Crippen LogP contribution < -0.4 is 19.7 Å². The number of rotatable bonds is 9. The Morgan fingerprint density at radius 2 is 1.80 bits per heavy atom. The Morgan fingerprint density at radius 3 is 2.43 bits per heavy atom. The molecule has 2 aromatic carbocycles. The molecule has 3 aromatic rings. The van der Waals surface area contributed by atoms with Gasteiger partial charge in [-0.15, -0.1) is 11.3 Å². The highest BCUT2D eigenvalue weighted by molar-refractivity contribution is 7.10. The molecule has 7 heteroatoms. The summed E-state index contributed by atoms with van der Waals surface area (Å²) in [5.74, 6) is 0.695. The van der Waals surface area contributed by atoms with Crippen molar-refractivity contribution in [3.05, 3.63) is 76.0 Å². The van der Waals surface area contributed by atoms with Crippen molar-refractivity contribution in [1.82, 2.24) is 5.32 Å².